The van der Waals surface area contributed by atoms with Crippen LogP contribution in [0.4, 0.5) is 5.69 Å². The Hall–Kier alpha value is -2.67. The average Bonchev–Trinajstić information content (AvgIpc) is 3.34. The van der Waals surface area contributed by atoms with Crippen LogP contribution in [0.2, 0.25) is 0 Å². The van der Waals surface area contributed by atoms with Crippen molar-refractivity contribution in [1.29, 1.82) is 0 Å². The van der Waals surface area contributed by atoms with E-state index in [2.05, 4.69) is 5.32 Å². The Morgan fingerprint density at radius 3 is 2.65 bits per heavy atom. The third-order valence-electron chi connectivity index (χ3n) is 4.21. The van der Waals surface area contributed by atoms with Gasteiger partial charge in [0.1, 0.15) is 6.04 Å². The van der Waals surface area contributed by atoms with Gasteiger partial charge in [0.25, 0.3) is 5.91 Å². The van der Waals surface area contributed by atoms with Crippen molar-refractivity contribution in [3.8, 4) is 0 Å². The second-order valence-corrected chi connectivity index (χ2v) is 6.87. The molecular formula is C19H20N2O4S. The smallest absolute Gasteiger partial charge is 0.338 e. The third kappa shape index (κ3) is 3.94. The first-order valence-corrected chi connectivity index (χ1v) is 9.40. The van der Waals surface area contributed by atoms with E-state index in [0.717, 1.165) is 6.42 Å². The van der Waals surface area contributed by atoms with Gasteiger partial charge in [0.05, 0.1) is 17.0 Å². The van der Waals surface area contributed by atoms with Gasteiger partial charge in [0, 0.05) is 12.2 Å². The first kappa shape index (κ1) is 18.1. The fourth-order valence-electron chi connectivity index (χ4n) is 2.95. The molecular weight excluding hydrogens is 352 g/mol. The van der Waals surface area contributed by atoms with Gasteiger partial charge in [0.2, 0.25) is 5.91 Å². The van der Waals surface area contributed by atoms with Gasteiger partial charge >= 0.3 is 5.97 Å². The van der Waals surface area contributed by atoms with Crippen molar-refractivity contribution in [3.05, 3.63) is 52.2 Å². The molecule has 0 bridgehead atoms. The molecule has 2 heterocycles. The molecule has 2 aromatic rings. The number of rotatable bonds is 5. The molecule has 1 fully saturated rings. The summed E-state index contributed by atoms with van der Waals surface area (Å²) in [5, 5.41) is 4.68. The molecule has 0 spiro atoms. The van der Waals surface area contributed by atoms with Crippen molar-refractivity contribution in [1.82, 2.24) is 4.90 Å². The number of carbonyl (C=O) groups excluding carboxylic acids is 3. The lowest BCUT2D eigenvalue weighted by molar-refractivity contribution is -0.119. The standard InChI is InChI=1S/C19H20N2O4S/c1-2-25-19(24)13-7-9-14(10-8-13)20-17(22)15-5-3-11-21(15)18(23)16-6-4-12-26-16/h4,6-10,12,15H,2-3,5,11H2,1H3,(H,20,22). The van der Waals surface area contributed by atoms with Crippen LogP contribution in [0.25, 0.3) is 0 Å². The highest BCUT2D eigenvalue weighted by Crippen LogP contribution is 2.23. The summed E-state index contributed by atoms with van der Waals surface area (Å²) in [6.45, 7) is 2.64. The average molecular weight is 372 g/mol. The first-order chi connectivity index (χ1) is 12.6. The Kier molecular flexibility index (Phi) is 5.68. The molecule has 2 amide bonds. The number of esters is 1. The van der Waals surface area contributed by atoms with Crippen LogP contribution in [0, 0.1) is 0 Å². The van der Waals surface area contributed by atoms with Crippen LogP contribution in [-0.2, 0) is 9.53 Å². The molecule has 6 nitrogen and oxygen atoms in total. The van der Waals surface area contributed by atoms with Gasteiger partial charge in [-0.15, -0.1) is 11.3 Å². The topological polar surface area (TPSA) is 75.7 Å². The monoisotopic (exact) mass is 372 g/mol. The molecule has 1 atom stereocenters. The Bertz CT molecular complexity index is 786. The molecule has 1 aromatic heterocycles. The maximum Gasteiger partial charge on any atom is 0.338 e. The summed E-state index contributed by atoms with van der Waals surface area (Å²) in [7, 11) is 0. The lowest BCUT2D eigenvalue weighted by Crippen LogP contribution is -2.42. The fourth-order valence-corrected chi connectivity index (χ4v) is 3.63. The van der Waals surface area contributed by atoms with Gasteiger partial charge in [-0.1, -0.05) is 6.07 Å². The molecule has 0 saturated carbocycles. The second-order valence-electron chi connectivity index (χ2n) is 5.92. The molecule has 136 valence electrons. The van der Waals surface area contributed by atoms with E-state index in [1.807, 2.05) is 11.4 Å². The van der Waals surface area contributed by atoms with Gasteiger partial charge in [-0.05, 0) is 55.5 Å². The first-order valence-electron chi connectivity index (χ1n) is 8.52. The van der Waals surface area contributed by atoms with Crippen molar-refractivity contribution >= 4 is 34.8 Å². The van der Waals surface area contributed by atoms with Crippen LogP contribution in [0.15, 0.2) is 41.8 Å². The molecule has 1 aliphatic heterocycles. The molecule has 1 aromatic carbocycles. The predicted molar refractivity (Wildman–Crippen MR) is 99.4 cm³/mol. The van der Waals surface area contributed by atoms with Gasteiger partial charge in [-0.25, -0.2) is 4.79 Å². The molecule has 1 aliphatic rings. The van der Waals surface area contributed by atoms with Crippen LogP contribution in [-0.4, -0.2) is 41.9 Å². The number of benzene rings is 1. The number of nitrogens with zero attached hydrogens (tertiary/aromatic N) is 1. The van der Waals surface area contributed by atoms with Crippen LogP contribution in [0.5, 0.6) is 0 Å². The summed E-state index contributed by atoms with van der Waals surface area (Å²) >= 11 is 1.38. The fraction of sp³-hybridized carbons (Fsp3) is 0.316. The molecule has 1 saturated heterocycles. The summed E-state index contributed by atoms with van der Waals surface area (Å²) < 4.78 is 4.94. The van der Waals surface area contributed by atoms with Crippen LogP contribution >= 0.6 is 11.3 Å². The number of amides is 2. The minimum absolute atomic E-state index is 0.102. The van der Waals surface area contributed by atoms with E-state index in [0.29, 0.717) is 35.7 Å². The third-order valence-corrected chi connectivity index (χ3v) is 5.07. The molecule has 0 radical (unpaired) electrons. The molecule has 3 rings (SSSR count). The molecule has 7 heteroatoms. The van der Waals surface area contributed by atoms with Crippen LogP contribution in [0.1, 0.15) is 39.8 Å². The number of carbonyl (C=O) groups is 3. The molecule has 1 unspecified atom stereocenters. The number of hydrogen-bond donors (Lipinski definition) is 1. The highest BCUT2D eigenvalue weighted by atomic mass is 32.1. The maximum atomic E-state index is 12.6. The largest absolute Gasteiger partial charge is 0.462 e. The number of nitrogens with one attached hydrogen (secondary N) is 1. The minimum atomic E-state index is -0.477. The highest BCUT2D eigenvalue weighted by Gasteiger charge is 2.34. The van der Waals surface area contributed by atoms with Gasteiger partial charge < -0.3 is 15.0 Å². The summed E-state index contributed by atoms with van der Waals surface area (Å²) in [5.74, 6) is -0.708. The van der Waals surface area contributed by atoms with Gasteiger partial charge in [0.15, 0.2) is 0 Å². The van der Waals surface area contributed by atoms with Crippen molar-refractivity contribution in [2.24, 2.45) is 0 Å². The number of likely N-dealkylation sites (tertiary alicyclic amines) is 1. The maximum absolute atomic E-state index is 12.6. The number of thiophene rings is 1. The lowest BCUT2D eigenvalue weighted by atomic mass is 10.1. The summed E-state index contributed by atoms with van der Waals surface area (Å²) in [6.07, 6.45) is 1.45. The number of anilines is 1. The zero-order valence-electron chi connectivity index (χ0n) is 14.4. The lowest BCUT2D eigenvalue weighted by Gasteiger charge is -2.23. The van der Waals surface area contributed by atoms with E-state index in [9.17, 15) is 14.4 Å². The van der Waals surface area contributed by atoms with E-state index in [1.165, 1.54) is 11.3 Å². The van der Waals surface area contributed by atoms with E-state index in [-0.39, 0.29) is 11.8 Å². The van der Waals surface area contributed by atoms with Gasteiger partial charge in [-0.3, -0.25) is 9.59 Å². The van der Waals surface area contributed by atoms with E-state index in [1.54, 1.807) is 42.2 Å². The van der Waals surface area contributed by atoms with Crippen molar-refractivity contribution in [2.75, 3.05) is 18.5 Å². The Morgan fingerprint density at radius 1 is 1.23 bits per heavy atom. The predicted octanol–water partition coefficient (Wildman–Crippen LogP) is 3.17. The highest BCUT2D eigenvalue weighted by molar-refractivity contribution is 7.12. The summed E-state index contributed by atoms with van der Waals surface area (Å²) in [5.41, 5.74) is 1.01. The van der Waals surface area contributed by atoms with E-state index < -0.39 is 12.0 Å². The number of ether oxygens (including phenoxy) is 1. The molecule has 1 N–H and O–H groups in total. The van der Waals surface area contributed by atoms with Crippen LogP contribution < -0.4 is 5.32 Å². The molecule has 0 aliphatic carbocycles. The van der Waals surface area contributed by atoms with Crippen molar-refractivity contribution in [2.45, 2.75) is 25.8 Å². The van der Waals surface area contributed by atoms with Crippen molar-refractivity contribution in [3.63, 3.8) is 0 Å². The second kappa shape index (κ2) is 8.14. The molecule has 26 heavy (non-hydrogen) atoms. The van der Waals surface area contributed by atoms with E-state index >= 15 is 0 Å². The van der Waals surface area contributed by atoms with E-state index in [4.69, 9.17) is 4.74 Å². The normalized spacial score (nSPS) is 16.3. The minimum Gasteiger partial charge on any atom is -0.462 e. The Balaban J connectivity index is 1.65. The zero-order chi connectivity index (χ0) is 18.5. The van der Waals surface area contributed by atoms with Crippen LogP contribution in [0.3, 0.4) is 0 Å². The summed E-state index contributed by atoms with van der Waals surface area (Å²) in [6, 6.07) is 9.65. The quantitative estimate of drug-likeness (QED) is 0.818. The summed E-state index contributed by atoms with van der Waals surface area (Å²) in [4.78, 5) is 39.1. The Morgan fingerprint density at radius 2 is 2.00 bits per heavy atom. The number of hydrogen-bond acceptors (Lipinski definition) is 5. The SMILES string of the molecule is CCOC(=O)c1ccc(NC(=O)C2CCCN2C(=O)c2cccs2)cc1. The van der Waals surface area contributed by atoms with Gasteiger partial charge in [-0.2, -0.15) is 0 Å². The Labute approximate surface area is 155 Å². The van der Waals surface area contributed by atoms with Crippen molar-refractivity contribution < 1.29 is 19.1 Å². The zero-order valence-corrected chi connectivity index (χ0v) is 15.3.